The molecule has 4 heteroatoms. The van der Waals surface area contributed by atoms with E-state index in [0.29, 0.717) is 19.1 Å². The first-order chi connectivity index (χ1) is 6.20. The standard InChI is InChI=1S/C9H17N3O/c1-5-10-9(12-8(2)3)11-6-7-13-4/h5H,2,6-7H2,1,3-4H3,(H,11,12)/b10-5-. The average Bonchev–Trinajstić information content (AvgIpc) is 2.04. The van der Waals surface area contributed by atoms with Crippen LogP contribution >= 0.6 is 0 Å². The molecule has 0 saturated carbocycles. The minimum atomic E-state index is 0.576. The van der Waals surface area contributed by atoms with Crippen LogP contribution in [0.1, 0.15) is 13.8 Å². The molecule has 0 amide bonds. The summed E-state index contributed by atoms with van der Waals surface area (Å²) in [5, 5.41) is 2.94. The Morgan fingerprint density at radius 3 is 2.77 bits per heavy atom. The molecule has 0 spiro atoms. The molecule has 0 aromatic heterocycles. The minimum absolute atomic E-state index is 0.576. The molecular formula is C9H17N3O. The molecule has 0 radical (unpaired) electrons. The molecule has 1 N–H and O–H groups in total. The molecule has 13 heavy (non-hydrogen) atoms. The molecule has 0 atom stereocenters. The topological polar surface area (TPSA) is 46.0 Å². The van der Waals surface area contributed by atoms with Gasteiger partial charge in [0.2, 0.25) is 5.96 Å². The third-order valence-corrected chi connectivity index (χ3v) is 1.13. The van der Waals surface area contributed by atoms with Gasteiger partial charge in [-0.05, 0) is 13.8 Å². The van der Waals surface area contributed by atoms with Gasteiger partial charge in [-0.15, -0.1) is 0 Å². The van der Waals surface area contributed by atoms with Gasteiger partial charge in [-0.1, -0.05) is 6.58 Å². The fourth-order valence-electron chi connectivity index (χ4n) is 0.669. The number of guanidine groups is 1. The van der Waals surface area contributed by atoms with E-state index >= 15 is 0 Å². The lowest BCUT2D eigenvalue weighted by Crippen LogP contribution is -2.19. The number of rotatable bonds is 4. The minimum Gasteiger partial charge on any atom is -0.383 e. The predicted molar refractivity (Wildman–Crippen MR) is 56.3 cm³/mol. The zero-order valence-electron chi connectivity index (χ0n) is 8.50. The quantitative estimate of drug-likeness (QED) is 0.404. The van der Waals surface area contributed by atoms with Gasteiger partial charge in [0.05, 0.1) is 13.2 Å². The van der Waals surface area contributed by atoms with Gasteiger partial charge in [0.1, 0.15) is 0 Å². The van der Waals surface area contributed by atoms with Gasteiger partial charge >= 0.3 is 0 Å². The Hall–Kier alpha value is -1.16. The van der Waals surface area contributed by atoms with Crippen LogP contribution in [0, 0.1) is 0 Å². The van der Waals surface area contributed by atoms with Crippen LogP contribution in [0.25, 0.3) is 0 Å². The Bertz CT molecular complexity index is 209. The second kappa shape index (κ2) is 7.49. The lowest BCUT2D eigenvalue weighted by molar-refractivity contribution is 0.208. The number of hydrogen-bond acceptors (Lipinski definition) is 2. The van der Waals surface area contributed by atoms with E-state index in [2.05, 4.69) is 21.9 Å². The third-order valence-electron chi connectivity index (χ3n) is 1.13. The van der Waals surface area contributed by atoms with Crippen molar-refractivity contribution >= 4 is 12.2 Å². The van der Waals surface area contributed by atoms with Gasteiger partial charge in [-0.3, -0.25) is 0 Å². The Balaban J connectivity index is 4.06. The van der Waals surface area contributed by atoms with Crippen LogP contribution in [0.5, 0.6) is 0 Å². The summed E-state index contributed by atoms with van der Waals surface area (Å²) in [6, 6.07) is 0. The maximum atomic E-state index is 4.87. The van der Waals surface area contributed by atoms with Crippen LogP contribution < -0.4 is 5.32 Å². The van der Waals surface area contributed by atoms with Crippen molar-refractivity contribution in [2.45, 2.75) is 13.8 Å². The highest BCUT2D eigenvalue weighted by Gasteiger charge is 1.92. The number of aliphatic imine (C=N–C) groups is 2. The van der Waals surface area contributed by atoms with Gasteiger partial charge in [-0.25, -0.2) is 9.98 Å². The molecule has 0 aliphatic carbocycles. The van der Waals surface area contributed by atoms with Crippen LogP contribution in [0.3, 0.4) is 0 Å². The van der Waals surface area contributed by atoms with Crippen molar-refractivity contribution in [1.82, 2.24) is 5.32 Å². The summed E-state index contributed by atoms with van der Waals surface area (Å²) in [6.45, 7) is 8.60. The SMILES string of the molecule is C=C(C)NC(=NCCOC)/N=C\C. The number of hydrogen-bond donors (Lipinski definition) is 1. The summed E-state index contributed by atoms with van der Waals surface area (Å²) >= 11 is 0. The largest absolute Gasteiger partial charge is 0.383 e. The summed E-state index contributed by atoms with van der Waals surface area (Å²) in [7, 11) is 1.64. The van der Waals surface area contributed by atoms with E-state index in [-0.39, 0.29) is 0 Å². The molecule has 0 rings (SSSR count). The number of nitrogens with zero attached hydrogens (tertiary/aromatic N) is 2. The molecule has 0 aromatic carbocycles. The highest BCUT2D eigenvalue weighted by atomic mass is 16.5. The van der Waals surface area contributed by atoms with Crippen LogP contribution in [-0.4, -0.2) is 32.4 Å². The molecule has 0 aromatic rings. The Labute approximate surface area is 79.4 Å². The van der Waals surface area contributed by atoms with E-state index in [1.54, 1.807) is 13.3 Å². The van der Waals surface area contributed by atoms with Crippen molar-refractivity contribution in [1.29, 1.82) is 0 Å². The molecule has 0 fully saturated rings. The molecular weight excluding hydrogens is 166 g/mol. The summed E-state index contributed by atoms with van der Waals surface area (Å²) in [6.07, 6.45) is 1.68. The first kappa shape index (κ1) is 11.8. The average molecular weight is 183 g/mol. The van der Waals surface area contributed by atoms with E-state index in [4.69, 9.17) is 4.74 Å². The molecule has 0 aliphatic heterocycles. The second-order valence-corrected chi connectivity index (χ2v) is 2.49. The molecule has 0 saturated heterocycles. The highest BCUT2D eigenvalue weighted by Crippen LogP contribution is 1.84. The maximum absolute atomic E-state index is 4.87. The van der Waals surface area contributed by atoms with E-state index in [1.165, 1.54) is 0 Å². The van der Waals surface area contributed by atoms with Crippen LogP contribution in [0.2, 0.25) is 0 Å². The molecule has 0 aliphatic rings. The van der Waals surface area contributed by atoms with E-state index < -0.39 is 0 Å². The molecule has 4 nitrogen and oxygen atoms in total. The van der Waals surface area contributed by atoms with Gasteiger partial charge in [0.25, 0.3) is 0 Å². The maximum Gasteiger partial charge on any atom is 0.221 e. The zero-order valence-corrected chi connectivity index (χ0v) is 8.50. The fourth-order valence-corrected chi connectivity index (χ4v) is 0.669. The van der Waals surface area contributed by atoms with Crippen molar-refractivity contribution in [3.63, 3.8) is 0 Å². The van der Waals surface area contributed by atoms with Crippen molar-refractivity contribution in [3.8, 4) is 0 Å². The molecule has 74 valence electrons. The van der Waals surface area contributed by atoms with Gasteiger partial charge in [0.15, 0.2) is 0 Å². The lowest BCUT2D eigenvalue weighted by Gasteiger charge is -2.03. The third kappa shape index (κ3) is 7.21. The monoisotopic (exact) mass is 183 g/mol. The smallest absolute Gasteiger partial charge is 0.221 e. The van der Waals surface area contributed by atoms with Crippen molar-refractivity contribution in [3.05, 3.63) is 12.3 Å². The molecule has 0 bridgehead atoms. The Kier molecular flexibility index (Phi) is 6.82. The number of allylic oxidation sites excluding steroid dienone is 1. The fraction of sp³-hybridized carbons (Fsp3) is 0.556. The zero-order chi connectivity index (χ0) is 10.1. The summed E-state index contributed by atoms with van der Waals surface area (Å²) < 4.78 is 4.87. The molecule has 0 unspecified atom stereocenters. The predicted octanol–water partition coefficient (Wildman–Crippen LogP) is 1.20. The second-order valence-electron chi connectivity index (χ2n) is 2.49. The summed E-state index contributed by atoms with van der Waals surface area (Å²) in [4.78, 5) is 8.20. The number of nitrogens with one attached hydrogen (secondary N) is 1. The van der Waals surface area contributed by atoms with Crippen LogP contribution in [0.15, 0.2) is 22.3 Å². The van der Waals surface area contributed by atoms with E-state index in [1.807, 2.05) is 13.8 Å². The highest BCUT2D eigenvalue weighted by molar-refractivity contribution is 5.88. The summed E-state index contributed by atoms with van der Waals surface area (Å²) in [5.74, 6) is 0.576. The van der Waals surface area contributed by atoms with Gasteiger partial charge in [-0.2, -0.15) is 0 Å². The van der Waals surface area contributed by atoms with Crippen molar-refractivity contribution in [2.24, 2.45) is 9.98 Å². The Morgan fingerprint density at radius 1 is 1.62 bits per heavy atom. The number of methoxy groups -OCH3 is 1. The lowest BCUT2D eigenvalue weighted by atomic mass is 10.5. The van der Waals surface area contributed by atoms with E-state index in [0.717, 1.165) is 5.70 Å². The van der Waals surface area contributed by atoms with Gasteiger partial charge < -0.3 is 10.1 Å². The Morgan fingerprint density at radius 2 is 2.31 bits per heavy atom. The van der Waals surface area contributed by atoms with E-state index in [9.17, 15) is 0 Å². The van der Waals surface area contributed by atoms with Crippen LogP contribution in [0.4, 0.5) is 0 Å². The first-order valence-corrected chi connectivity index (χ1v) is 4.15. The summed E-state index contributed by atoms with van der Waals surface area (Å²) in [5.41, 5.74) is 0.821. The molecule has 0 heterocycles. The van der Waals surface area contributed by atoms with Crippen molar-refractivity contribution in [2.75, 3.05) is 20.3 Å². The number of ether oxygens (including phenoxy) is 1. The van der Waals surface area contributed by atoms with Crippen molar-refractivity contribution < 1.29 is 4.74 Å². The normalized spacial score (nSPS) is 12.1. The first-order valence-electron chi connectivity index (χ1n) is 4.15. The van der Waals surface area contributed by atoms with Crippen LogP contribution in [-0.2, 0) is 4.74 Å². The van der Waals surface area contributed by atoms with Gasteiger partial charge in [0, 0.05) is 19.0 Å².